The number of benzene rings is 1. The van der Waals surface area contributed by atoms with E-state index < -0.39 is 12.0 Å². The number of halogens is 1. The second-order valence-electron chi connectivity index (χ2n) is 3.20. The van der Waals surface area contributed by atoms with Gasteiger partial charge < -0.3 is 10.8 Å². The molecule has 1 unspecified atom stereocenters. The number of aliphatic carboxylic acids is 1. The molecule has 4 heteroatoms. The molecule has 3 nitrogen and oxygen atoms in total. The van der Waals surface area contributed by atoms with Crippen LogP contribution in [-0.2, 0) is 4.79 Å². The molecule has 0 bridgehead atoms. The molecule has 0 aliphatic rings. The molecule has 0 aromatic heterocycles. The molecule has 0 heterocycles. The van der Waals surface area contributed by atoms with Crippen molar-refractivity contribution in [3.63, 3.8) is 0 Å². The Bertz CT molecular complexity index is 323. The van der Waals surface area contributed by atoms with Crippen LogP contribution in [0.5, 0.6) is 0 Å². The molecule has 0 saturated heterocycles. The van der Waals surface area contributed by atoms with Crippen molar-refractivity contribution in [1.29, 1.82) is 0 Å². The number of hydrogen-bond acceptors (Lipinski definition) is 2. The van der Waals surface area contributed by atoms with Crippen molar-refractivity contribution in [1.82, 2.24) is 0 Å². The fourth-order valence-electron chi connectivity index (χ4n) is 1.19. The van der Waals surface area contributed by atoms with E-state index in [0.717, 1.165) is 5.56 Å². The predicted octanol–water partition coefficient (Wildman–Crippen LogP) is 1.86. The van der Waals surface area contributed by atoms with Gasteiger partial charge in [0.15, 0.2) is 0 Å². The van der Waals surface area contributed by atoms with E-state index in [2.05, 4.69) is 0 Å². The first-order valence-corrected chi connectivity index (χ1v) is 4.64. The summed E-state index contributed by atoms with van der Waals surface area (Å²) in [5.41, 5.74) is 6.38. The lowest BCUT2D eigenvalue weighted by atomic mass is 9.94. The Kier molecular flexibility index (Phi) is 3.49. The maximum atomic E-state index is 10.6. The molecule has 1 rings (SSSR count). The lowest BCUT2D eigenvalue weighted by molar-refractivity contribution is -0.139. The van der Waals surface area contributed by atoms with E-state index in [0.29, 0.717) is 5.02 Å². The molecule has 0 spiro atoms. The molecule has 0 amide bonds. The molecule has 0 fully saturated rings. The smallest absolute Gasteiger partial charge is 0.321 e. The Morgan fingerprint density at radius 2 is 1.93 bits per heavy atom. The Hall–Kier alpha value is -1.06. The van der Waals surface area contributed by atoms with Crippen molar-refractivity contribution in [2.24, 2.45) is 5.73 Å². The molecule has 0 saturated carbocycles. The highest BCUT2D eigenvalue weighted by Gasteiger charge is 2.21. The van der Waals surface area contributed by atoms with Crippen molar-refractivity contribution < 1.29 is 9.90 Å². The van der Waals surface area contributed by atoms with Gasteiger partial charge in [0.2, 0.25) is 0 Å². The number of rotatable bonds is 3. The summed E-state index contributed by atoms with van der Waals surface area (Å²) in [5.74, 6) is -1.21. The van der Waals surface area contributed by atoms with Crippen molar-refractivity contribution in [2.45, 2.75) is 18.9 Å². The van der Waals surface area contributed by atoms with Crippen LogP contribution in [0.2, 0.25) is 5.02 Å². The predicted molar refractivity (Wildman–Crippen MR) is 55.5 cm³/mol. The quantitative estimate of drug-likeness (QED) is 0.806. The van der Waals surface area contributed by atoms with Crippen molar-refractivity contribution >= 4 is 17.6 Å². The summed E-state index contributed by atoms with van der Waals surface area (Å²) in [6, 6.07) is 6.14. The normalized spacial score (nSPS) is 14.8. The molecular weight excluding hydrogens is 202 g/mol. The Balaban J connectivity index is 2.84. The van der Waals surface area contributed by atoms with Gasteiger partial charge >= 0.3 is 5.97 Å². The van der Waals surface area contributed by atoms with Crippen molar-refractivity contribution in [2.75, 3.05) is 0 Å². The standard InChI is InChI=1S/C10H12ClNO2/c1-6(9(12)10(13)14)7-2-4-8(11)5-3-7/h2-6,9H,12H2,1H3,(H,13,14)/t6?,9-/m1/s1. The Labute approximate surface area is 87.5 Å². The van der Waals surface area contributed by atoms with Gasteiger partial charge in [-0.15, -0.1) is 0 Å². The third-order valence-corrected chi connectivity index (χ3v) is 2.47. The number of carbonyl (C=O) groups is 1. The summed E-state index contributed by atoms with van der Waals surface area (Å²) < 4.78 is 0. The summed E-state index contributed by atoms with van der Waals surface area (Å²) in [7, 11) is 0. The highest BCUT2D eigenvalue weighted by Crippen LogP contribution is 2.20. The highest BCUT2D eigenvalue weighted by atomic mass is 35.5. The number of nitrogens with two attached hydrogens (primary N) is 1. The summed E-state index contributed by atoms with van der Waals surface area (Å²) in [5, 5.41) is 9.35. The van der Waals surface area contributed by atoms with Gasteiger partial charge in [0, 0.05) is 10.9 Å². The molecule has 1 aromatic rings. The molecule has 0 aliphatic carbocycles. The zero-order valence-electron chi connectivity index (χ0n) is 7.77. The minimum Gasteiger partial charge on any atom is -0.480 e. The van der Waals surface area contributed by atoms with Crippen LogP contribution in [0.15, 0.2) is 24.3 Å². The van der Waals surface area contributed by atoms with Crippen molar-refractivity contribution in [3.05, 3.63) is 34.9 Å². The molecule has 0 aliphatic heterocycles. The zero-order chi connectivity index (χ0) is 10.7. The first-order valence-electron chi connectivity index (χ1n) is 4.26. The van der Waals surface area contributed by atoms with Gasteiger partial charge in [0.25, 0.3) is 0 Å². The largest absolute Gasteiger partial charge is 0.480 e. The fraction of sp³-hybridized carbons (Fsp3) is 0.300. The third-order valence-electron chi connectivity index (χ3n) is 2.22. The summed E-state index contributed by atoms with van der Waals surface area (Å²) >= 11 is 5.71. The van der Waals surface area contributed by atoms with E-state index in [4.69, 9.17) is 22.4 Å². The van der Waals surface area contributed by atoms with Gasteiger partial charge in [-0.3, -0.25) is 4.79 Å². The van der Waals surface area contributed by atoms with E-state index >= 15 is 0 Å². The van der Waals surface area contributed by atoms with Gasteiger partial charge in [-0.2, -0.15) is 0 Å². The van der Waals surface area contributed by atoms with E-state index in [9.17, 15) is 4.79 Å². The van der Waals surface area contributed by atoms with Crippen LogP contribution in [0.1, 0.15) is 18.4 Å². The fourth-order valence-corrected chi connectivity index (χ4v) is 1.31. The average molecular weight is 214 g/mol. The average Bonchev–Trinajstić information content (AvgIpc) is 2.16. The van der Waals surface area contributed by atoms with Crippen LogP contribution in [0.4, 0.5) is 0 Å². The minimum atomic E-state index is -0.993. The maximum absolute atomic E-state index is 10.6. The van der Waals surface area contributed by atoms with E-state index in [-0.39, 0.29) is 5.92 Å². The van der Waals surface area contributed by atoms with Crippen LogP contribution >= 0.6 is 11.6 Å². The van der Waals surface area contributed by atoms with E-state index in [1.807, 2.05) is 0 Å². The SMILES string of the molecule is CC(c1ccc(Cl)cc1)[C@@H](N)C(=O)O. The van der Waals surface area contributed by atoms with Crippen LogP contribution in [0, 0.1) is 0 Å². The first kappa shape index (κ1) is 11.0. The van der Waals surface area contributed by atoms with Crippen LogP contribution < -0.4 is 5.73 Å². The number of carboxylic acids is 1. The second kappa shape index (κ2) is 4.44. The highest BCUT2D eigenvalue weighted by molar-refractivity contribution is 6.30. The summed E-state index contributed by atoms with van der Waals surface area (Å²) in [6.07, 6.45) is 0. The van der Waals surface area contributed by atoms with Gasteiger partial charge in [0.1, 0.15) is 6.04 Å². The van der Waals surface area contributed by atoms with E-state index in [1.165, 1.54) is 0 Å². The van der Waals surface area contributed by atoms with Gasteiger partial charge in [-0.05, 0) is 17.7 Å². The molecule has 1 aromatic carbocycles. The van der Waals surface area contributed by atoms with E-state index in [1.54, 1.807) is 31.2 Å². The van der Waals surface area contributed by atoms with Gasteiger partial charge in [0.05, 0.1) is 0 Å². The minimum absolute atomic E-state index is 0.218. The Morgan fingerprint density at radius 1 is 1.43 bits per heavy atom. The monoisotopic (exact) mass is 213 g/mol. The molecule has 76 valence electrons. The molecule has 14 heavy (non-hydrogen) atoms. The third kappa shape index (κ3) is 2.47. The topological polar surface area (TPSA) is 63.3 Å². The molecule has 3 N–H and O–H groups in total. The Morgan fingerprint density at radius 3 is 2.36 bits per heavy atom. The van der Waals surface area contributed by atoms with Crippen molar-refractivity contribution in [3.8, 4) is 0 Å². The molecule has 0 radical (unpaired) electrons. The molecule has 2 atom stereocenters. The van der Waals surface area contributed by atoms with Crippen LogP contribution in [0.25, 0.3) is 0 Å². The van der Waals surface area contributed by atoms with Gasteiger partial charge in [-0.25, -0.2) is 0 Å². The zero-order valence-corrected chi connectivity index (χ0v) is 8.53. The van der Waals surface area contributed by atoms with Crippen LogP contribution in [0.3, 0.4) is 0 Å². The summed E-state index contributed by atoms with van der Waals surface area (Å²) in [4.78, 5) is 10.6. The number of carboxylic acid groups (broad SMARTS) is 1. The second-order valence-corrected chi connectivity index (χ2v) is 3.64. The molecular formula is C10H12ClNO2. The lowest BCUT2D eigenvalue weighted by Gasteiger charge is -2.16. The first-order chi connectivity index (χ1) is 6.52. The lowest BCUT2D eigenvalue weighted by Crippen LogP contribution is -2.35. The summed E-state index contributed by atoms with van der Waals surface area (Å²) in [6.45, 7) is 1.78. The maximum Gasteiger partial charge on any atom is 0.321 e. The number of hydrogen-bond donors (Lipinski definition) is 2. The van der Waals surface area contributed by atoms with Gasteiger partial charge in [-0.1, -0.05) is 30.7 Å². The van der Waals surface area contributed by atoms with Crippen LogP contribution in [-0.4, -0.2) is 17.1 Å².